The van der Waals surface area contributed by atoms with Gasteiger partial charge in [0.25, 0.3) is 10.0 Å². The van der Waals surface area contributed by atoms with Crippen LogP contribution in [0.2, 0.25) is 5.02 Å². The van der Waals surface area contributed by atoms with Crippen LogP contribution in [0.3, 0.4) is 0 Å². The Morgan fingerprint density at radius 3 is 2.54 bits per heavy atom. The first kappa shape index (κ1) is 23.3. The van der Waals surface area contributed by atoms with Gasteiger partial charge in [-0.1, -0.05) is 35.9 Å². The lowest BCUT2D eigenvalue weighted by molar-refractivity contribution is 0.415. The van der Waals surface area contributed by atoms with Crippen molar-refractivity contribution in [3.8, 4) is 27.3 Å². The van der Waals surface area contributed by atoms with Gasteiger partial charge in [0.15, 0.2) is 0 Å². The maximum atomic E-state index is 13.3. The van der Waals surface area contributed by atoms with Gasteiger partial charge < -0.3 is 4.74 Å². The zero-order chi connectivity index (χ0) is 24.6. The van der Waals surface area contributed by atoms with E-state index in [0.29, 0.717) is 32.4 Å². The van der Waals surface area contributed by atoms with Crippen LogP contribution in [0.25, 0.3) is 31.8 Å². The fourth-order valence-corrected chi connectivity index (χ4v) is 6.51. The van der Waals surface area contributed by atoms with Crippen molar-refractivity contribution < 1.29 is 13.2 Å². The molecule has 3 aromatic heterocycles. The summed E-state index contributed by atoms with van der Waals surface area (Å²) < 4.78 is 34.9. The van der Waals surface area contributed by atoms with Gasteiger partial charge in [-0.15, -0.1) is 11.3 Å². The summed E-state index contributed by atoms with van der Waals surface area (Å²) in [7, 11) is -2.29. The second-order valence-electron chi connectivity index (χ2n) is 7.83. The maximum Gasteiger partial charge on any atom is 0.261 e. The van der Waals surface area contributed by atoms with Gasteiger partial charge in [0.1, 0.15) is 10.6 Å². The topological polar surface area (TPSA) is 81.2 Å². The molecule has 0 saturated heterocycles. The highest BCUT2D eigenvalue weighted by molar-refractivity contribution is 7.92. The highest BCUT2D eigenvalue weighted by Crippen LogP contribution is 2.47. The summed E-state index contributed by atoms with van der Waals surface area (Å²) in [6, 6.07) is 19.4. The predicted molar refractivity (Wildman–Crippen MR) is 142 cm³/mol. The van der Waals surface area contributed by atoms with E-state index in [1.165, 1.54) is 23.5 Å². The molecule has 0 bridgehead atoms. The molecule has 3 heterocycles. The first-order valence-electron chi connectivity index (χ1n) is 10.6. The first-order chi connectivity index (χ1) is 16.9. The molecule has 0 radical (unpaired) electrons. The molecule has 0 aliphatic heterocycles. The van der Waals surface area contributed by atoms with Gasteiger partial charge in [0.05, 0.1) is 17.7 Å². The number of aryl methyl sites for hydroxylation is 1. The number of thiophene rings is 1. The molecule has 1 N–H and O–H groups in total. The molecule has 5 aromatic rings. The number of halogens is 1. The van der Waals surface area contributed by atoms with Gasteiger partial charge in [-0.25, -0.2) is 13.4 Å². The number of hydrogen-bond donors (Lipinski definition) is 1. The molecule has 2 aromatic carbocycles. The van der Waals surface area contributed by atoms with E-state index in [1.807, 2.05) is 43.3 Å². The van der Waals surface area contributed by atoms with E-state index in [9.17, 15) is 8.42 Å². The molecule has 0 fully saturated rings. The standard InChI is InChI=1S/C26H20ClN3O3S2/c1-16-12-22(30-35(31,32)21-10-4-8-19(27)14-21)24-23(17-6-3-9-20(13-17)33-2)25(34-26(24)29-16)18-7-5-11-28-15-18/h3-15H,1-2H3,(H,29,30). The molecule has 0 amide bonds. The Hall–Kier alpha value is -3.46. The monoisotopic (exact) mass is 521 g/mol. The lowest BCUT2D eigenvalue weighted by Crippen LogP contribution is -2.13. The number of hydrogen-bond acceptors (Lipinski definition) is 6. The van der Waals surface area contributed by atoms with E-state index >= 15 is 0 Å². The molecule has 0 spiro atoms. The third-order valence-electron chi connectivity index (χ3n) is 5.42. The molecule has 9 heteroatoms. The first-order valence-corrected chi connectivity index (χ1v) is 13.3. The van der Waals surface area contributed by atoms with Crippen molar-refractivity contribution in [2.24, 2.45) is 0 Å². The van der Waals surface area contributed by atoms with Crippen molar-refractivity contribution in [2.45, 2.75) is 11.8 Å². The zero-order valence-corrected chi connectivity index (χ0v) is 21.2. The number of benzene rings is 2. The van der Waals surface area contributed by atoms with E-state index in [-0.39, 0.29) is 4.90 Å². The largest absolute Gasteiger partial charge is 0.497 e. The molecule has 5 rings (SSSR count). The van der Waals surface area contributed by atoms with Crippen molar-refractivity contribution >= 4 is 48.9 Å². The number of methoxy groups -OCH3 is 1. The Morgan fingerprint density at radius 2 is 1.80 bits per heavy atom. The van der Waals surface area contributed by atoms with Crippen LogP contribution in [0, 0.1) is 6.92 Å². The minimum atomic E-state index is -3.91. The molecule has 0 atom stereocenters. The van der Waals surface area contributed by atoms with E-state index in [1.54, 1.807) is 37.7 Å². The Kier molecular flexibility index (Phi) is 6.19. The fraction of sp³-hybridized carbons (Fsp3) is 0.0769. The Bertz CT molecular complexity index is 1650. The Balaban J connectivity index is 1.79. The van der Waals surface area contributed by atoms with Crippen molar-refractivity contribution in [1.29, 1.82) is 0 Å². The highest BCUT2D eigenvalue weighted by Gasteiger charge is 2.23. The number of sulfonamides is 1. The van der Waals surface area contributed by atoms with Crippen molar-refractivity contribution in [3.63, 3.8) is 0 Å². The van der Waals surface area contributed by atoms with Crippen molar-refractivity contribution in [2.75, 3.05) is 11.8 Å². The molecule has 0 aliphatic carbocycles. The fourth-order valence-electron chi connectivity index (χ4n) is 3.89. The summed E-state index contributed by atoms with van der Waals surface area (Å²) in [4.78, 5) is 10.8. The van der Waals surface area contributed by atoms with Gasteiger partial charge in [-0.3, -0.25) is 9.71 Å². The molecule has 6 nitrogen and oxygen atoms in total. The number of anilines is 1. The summed E-state index contributed by atoms with van der Waals surface area (Å²) in [5.74, 6) is 0.695. The van der Waals surface area contributed by atoms with Crippen LogP contribution in [0.4, 0.5) is 5.69 Å². The van der Waals surface area contributed by atoms with Gasteiger partial charge >= 0.3 is 0 Å². The van der Waals surface area contributed by atoms with Crippen LogP contribution in [-0.4, -0.2) is 25.5 Å². The van der Waals surface area contributed by atoms with Crippen LogP contribution >= 0.6 is 22.9 Å². The molecular formula is C26H20ClN3O3S2. The lowest BCUT2D eigenvalue weighted by atomic mass is 9.99. The van der Waals surface area contributed by atoms with Crippen LogP contribution < -0.4 is 9.46 Å². The van der Waals surface area contributed by atoms with Gasteiger partial charge in [0.2, 0.25) is 0 Å². The number of aromatic nitrogens is 2. The Morgan fingerprint density at radius 1 is 1.00 bits per heavy atom. The number of nitrogens with one attached hydrogen (secondary N) is 1. The Labute approximate surface area is 212 Å². The summed E-state index contributed by atoms with van der Waals surface area (Å²) >= 11 is 7.55. The quantitative estimate of drug-likeness (QED) is 0.266. The van der Waals surface area contributed by atoms with Gasteiger partial charge in [-0.2, -0.15) is 0 Å². The summed E-state index contributed by atoms with van der Waals surface area (Å²) in [6.45, 7) is 1.84. The molecule has 0 aliphatic rings. The third-order valence-corrected chi connectivity index (χ3v) is 8.15. The van der Waals surface area contributed by atoms with Gasteiger partial charge in [-0.05, 0) is 55.0 Å². The number of fused-ring (bicyclic) bond motifs is 1. The molecular weight excluding hydrogens is 502 g/mol. The minimum Gasteiger partial charge on any atom is -0.497 e. The lowest BCUT2D eigenvalue weighted by Gasteiger charge is -2.13. The molecule has 0 unspecified atom stereocenters. The molecule has 176 valence electrons. The third kappa shape index (κ3) is 4.60. The second-order valence-corrected chi connectivity index (χ2v) is 11.0. The second kappa shape index (κ2) is 9.30. The summed E-state index contributed by atoms with van der Waals surface area (Å²) in [6.07, 6.45) is 3.51. The number of nitrogens with zero attached hydrogens (tertiary/aromatic N) is 2. The van der Waals surface area contributed by atoms with E-state index in [4.69, 9.17) is 21.3 Å². The summed E-state index contributed by atoms with van der Waals surface area (Å²) in [5, 5.41) is 1.05. The van der Waals surface area contributed by atoms with Crippen molar-refractivity contribution in [1.82, 2.24) is 9.97 Å². The normalized spacial score (nSPS) is 11.5. The number of rotatable bonds is 6. The van der Waals surface area contributed by atoms with E-state index in [0.717, 1.165) is 21.6 Å². The van der Waals surface area contributed by atoms with Crippen LogP contribution in [0.15, 0.2) is 84.0 Å². The average molecular weight is 522 g/mol. The average Bonchev–Trinajstić information content (AvgIpc) is 3.24. The van der Waals surface area contributed by atoms with Crippen molar-refractivity contribution in [3.05, 3.63) is 89.8 Å². The van der Waals surface area contributed by atoms with Crippen LogP contribution in [-0.2, 0) is 10.0 Å². The number of ether oxygens (including phenoxy) is 1. The SMILES string of the molecule is COc1cccc(-c2c(-c3cccnc3)sc3nc(C)cc(NS(=O)(=O)c4cccc(Cl)c4)c23)c1. The molecule has 35 heavy (non-hydrogen) atoms. The van der Waals surface area contributed by atoms with Crippen LogP contribution in [0.1, 0.15) is 5.69 Å². The van der Waals surface area contributed by atoms with E-state index < -0.39 is 10.0 Å². The maximum absolute atomic E-state index is 13.3. The van der Waals surface area contributed by atoms with E-state index in [2.05, 4.69) is 9.71 Å². The zero-order valence-electron chi connectivity index (χ0n) is 18.8. The summed E-state index contributed by atoms with van der Waals surface area (Å²) in [5.41, 5.74) is 3.78. The smallest absolute Gasteiger partial charge is 0.261 e. The van der Waals surface area contributed by atoms with Gasteiger partial charge in [0, 0.05) is 44.5 Å². The minimum absolute atomic E-state index is 0.0817. The highest BCUT2D eigenvalue weighted by atomic mass is 35.5. The molecule has 0 saturated carbocycles. The predicted octanol–water partition coefficient (Wildman–Crippen LogP) is 6.80. The van der Waals surface area contributed by atoms with Crippen LogP contribution in [0.5, 0.6) is 5.75 Å². The number of pyridine rings is 2.